The van der Waals surface area contributed by atoms with Crippen molar-refractivity contribution in [2.24, 2.45) is 0 Å². The lowest BCUT2D eigenvalue weighted by molar-refractivity contribution is -0.129. The molecule has 0 heterocycles. The van der Waals surface area contributed by atoms with Crippen molar-refractivity contribution in [2.45, 2.75) is 13.5 Å². The SMILES string of the molecule is CCOc1ccc(C(=O)NCC(=O)N(C)Cc2cccc(Cl)c2Cl)cc1. The number of amides is 2. The third kappa shape index (κ3) is 5.38. The molecule has 0 aromatic heterocycles. The molecule has 138 valence electrons. The van der Waals surface area contributed by atoms with Gasteiger partial charge in [-0.25, -0.2) is 0 Å². The molecule has 2 rings (SSSR count). The van der Waals surface area contributed by atoms with Crippen LogP contribution in [0.3, 0.4) is 0 Å². The zero-order chi connectivity index (χ0) is 19.1. The molecule has 0 fully saturated rings. The van der Waals surface area contributed by atoms with E-state index in [9.17, 15) is 9.59 Å². The van der Waals surface area contributed by atoms with Crippen LogP contribution in [0.1, 0.15) is 22.8 Å². The van der Waals surface area contributed by atoms with E-state index >= 15 is 0 Å². The number of nitrogens with one attached hydrogen (secondary N) is 1. The van der Waals surface area contributed by atoms with E-state index in [-0.39, 0.29) is 18.4 Å². The molecule has 0 aliphatic heterocycles. The molecule has 0 radical (unpaired) electrons. The van der Waals surface area contributed by atoms with Crippen molar-refractivity contribution in [3.8, 4) is 5.75 Å². The predicted octanol–water partition coefficient (Wildman–Crippen LogP) is 3.78. The molecule has 2 amide bonds. The van der Waals surface area contributed by atoms with Gasteiger partial charge in [0.25, 0.3) is 5.91 Å². The predicted molar refractivity (Wildman–Crippen MR) is 103 cm³/mol. The molecule has 0 saturated heterocycles. The van der Waals surface area contributed by atoms with E-state index in [1.54, 1.807) is 49.5 Å². The van der Waals surface area contributed by atoms with Crippen LogP contribution in [-0.4, -0.2) is 36.9 Å². The molecule has 0 saturated carbocycles. The summed E-state index contributed by atoms with van der Waals surface area (Å²) in [6, 6.07) is 12.0. The van der Waals surface area contributed by atoms with Crippen molar-refractivity contribution < 1.29 is 14.3 Å². The number of carbonyl (C=O) groups is 2. The van der Waals surface area contributed by atoms with Crippen LogP contribution >= 0.6 is 23.2 Å². The molecule has 0 bridgehead atoms. The smallest absolute Gasteiger partial charge is 0.251 e. The molecule has 2 aromatic carbocycles. The van der Waals surface area contributed by atoms with Crippen LogP contribution in [0.2, 0.25) is 10.0 Å². The summed E-state index contributed by atoms with van der Waals surface area (Å²) in [5, 5.41) is 3.47. The molecule has 7 heteroatoms. The minimum Gasteiger partial charge on any atom is -0.494 e. The number of rotatable bonds is 7. The van der Waals surface area contributed by atoms with Gasteiger partial charge >= 0.3 is 0 Å². The Bertz CT molecular complexity index is 779. The lowest BCUT2D eigenvalue weighted by Gasteiger charge is -2.18. The second-order valence-electron chi connectivity index (χ2n) is 5.60. The summed E-state index contributed by atoms with van der Waals surface area (Å²) in [4.78, 5) is 25.9. The van der Waals surface area contributed by atoms with E-state index in [4.69, 9.17) is 27.9 Å². The summed E-state index contributed by atoms with van der Waals surface area (Å²) < 4.78 is 5.33. The van der Waals surface area contributed by atoms with Crippen LogP contribution < -0.4 is 10.1 Å². The third-order valence-electron chi connectivity index (χ3n) is 3.69. The molecule has 0 aliphatic rings. The zero-order valence-electron chi connectivity index (χ0n) is 14.6. The fourth-order valence-electron chi connectivity index (χ4n) is 2.28. The first kappa shape index (κ1) is 20.1. The van der Waals surface area contributed by atoms with Crippen LogP contribution in [0.4, 0.5) is 0 Å². The van der Waals surface area contributed by atoms with Crippen molar-refractivity contribution in [3.63, 3.8) is 0 Å². The summed E-state index contributed by atoms with van der Waals surface area (Å²) in [5.74, 6) is 0.133. The van der Waals surface area contributed by atoms with E-state index in [1.807, 2.05) is 6.92 Å². The molecular formula is C19H20Cl2N2O3. The summed E-state index contributed by atoms with van der Waals surface area (Å²) in [6.45, 7) is 2.64. The molecule has 5 nitrogen and oxygen atoms in total. The maximum absolute atomic E-state index is 12.2. The summed E-state index contributed by atoms with van der Waals surface area (Å²) in [7, 11) is 1.64. The molecule has 0 atom stereocenters. The third-order valence-corrected chi connectivity index (χ3v) is 4.55. The van der Waals surface area contributed by atoms with Crippen LogP contribution in [0, 0.1) is 0 Å². The molecule has 1 N–H and O–H groups in total. The van der Waals surface area contributed by atoms with Crippen molar-refractivity contribution in [1.29, 1.82) is 0 Å². The second kappa shape index (κ2) is 9.46. The van der Waals surface area contributed by atoms with E-state index < -0.39 is 0 Å². The van der Waals surface area contributed by atoms with Crippen molar-refractivity contribution in [3.05, 3.63) is 63.6 Å². The minimum atomic E-state index is -0.324. The number of hydrogen-bond acceptors (Lipinski definition) is 3. The van der Waals surface area contributed by atoms with Gasteiger partial charge in [0.2, 0.25) is 5.91 Å². The van der Waals surface area contributed by atoms with E-state index in [2.05, 4.69) is 5.32 Å². The van der Waals surface area contributed by atoms with E-state index in [0.717, 1.165) is 5.56 Å². The largest absolute Gasteiger partial charge is 0.494 e. The van der Waals surface area contributed by atoms with Gasteiger partial charge in [0, 0.05) is 19.2 Å². The average molecular weight is 395 g/mol. The van der Waals surface area contributed by atoms with Gasteiger partial charge in [-0.15, -0.1) is 0 Å². The van der Waals surface area contributed by atoms with Gasteiger partial charge < -0.3 is 15.0 Å². The Morgan fingerprint density at radius 2 is 1.81 bits per heavy atom. The highest BCUT2D eigenvalue weighted by Gasteiger charge is 2.14. The monoisotopic (exact) mass is 394 g/mol. The topological polar surface area (TPSA) is 58.6 Å². The highest BCUT2D eigenvalue weighted by Crippen LogP contribution is 2.26. The number of hydrogen-bond donors (Lipinski definition) is 1. The van der Waals surface area contributed by atoms with Gasteiger partial charge in [0.05, 0.1) is 23.2 Å². The van der Waals surface area contributed by atoms with Gasteiger partial charge in [0.1, 0.15) is 5.75 Å². The lowest BCUT2D eigenvalue weighted by atomic mass is 10.2. The molecule has 0 aliphatic carbocycles. The minimum absolute atomic E-state index is 0.110. The summed E-state index contributed by atoms with van der Waals surface area (Å²) in [5.41, 5.74) is 1.20. The Morgan fingerprint density at radius 3 is 2.46 bits per heavy atom. The quantitative estimate of drug-likeness (QED) is 0.776. The van der Waals surface area contributed by atoms with Crippen molar-refractivity contribution in [2.75, 3.05) is 20.2 Å². The average Bonchev–Trinajstić information content (AvgIpc) is 2.64. The molecule has 26 heavy (non-hydrogen) atoms. The molecular weight excluding hydrogens is 375 g/mol. The van der Waals surface area contributed by atoms with Gasteiger partial charge in [0.15, 0.2) is 0 Å². The van der Waals surface area contributed by atoms with Gasteiger partial charge in [-0.3, -0.25) is 9.59 Å². The van der Waals surface area contributed by atoms with Crippen LogP contribution in [0.15, 0.2) is 42.5 Å². The van der Waals surface area contributed by atoms with Gasteiger partial charge in [-0.1, -0.05) is 35.3 Å². The molecule has 0 unspecified atom stereocenters. The highest BCUT2D eigenvalue weighted by atomic mass is 35.5. The number of likely N-dealkylation sites (N-methyl/N-ethyl adjacent to an activating group) is 1. The maximum Gasteiger partial charge on any atom is 0.251 e. The summed E-state index contributed by atoms with van der Waals surface area (Å²) in [6.07, 6.45) is 0. The normalized spacial score (nSPS) is 10.3. The van der Waals surface area contributed by atoms with Gasteiger partial charge in [-0.05, 0) is 42.8 Å². The number of halogens is 2. The number of nitrogens with zero attached hydrogens (tertiary/aromatic N) is 1. The first-order valence-corrected chi connectivity index (χ1v) is 8.86. The van der Waals surface area contributed by atoms with E-state index in [0.29, 0.717) is 34.5 Å². The van der Waals surface area contributed by atoms with Crippen LogP contribution in [-0.2, 0) is 11.3 Å². The van der Waals surface area contributed by atoms with Crippen molar-refractivity contribution >= 4 is 35.0 Å². The number of ether oxygens (including phenoxy) is 1. The standard InChI is InChI=1S/C19H20Cl2N2O3/c1-3-26-15-9-7-13(8-10-15)19(25)22-11-17(24)23(2)12-14-5-4-6-16(20)18(14)21/h4-10H,3,11-12H2,1-2H3,(H,22,25). The zero-order valence-corrected chi connectivity index (χ0v) is 16.1. The molecule has 2 aromatic rings. The van der Waals surface area contributed by atoms with Crippen LogP contribution in [0.5, 0.6) is 5.75 Å². The van der Waals surface area contributed by atoms with Crippen LogP contribution in [0.25, 0.3) is 0 Å². The Morgan fingerprint density at radius 1 is 1.12 bits per heavy atom. The molecule has 0 spiro atoms. The first-order chi connectivity index (χ1) is 12.4. The fourth-order valence-corrected chi connectivity index (χ4v) is 2.66. The first-order valence-electron chi connectivity index (χ1n) is 8.10. The Kier molecular flexibility index (Phi) is 7.30. The lowest BCUT2D eigenvalue weighted by Crippen LogP contribution is -2.37. The van der Waals surface area contributed by atoms with Crippen molar-refractivity contribution in [1.82, 2.24) is 10.2 Å². The number of benzene rings is 2. The maximum atomic E-state index is 12.2. The highest BCUT2D eigenvalue weighted by molar-refractivity contribution is 6.42. The Labute approximate surface area is 162 Å². The van der Waals surface area contributed by atoms with E-state index in [1.165, 1.54) is 4.90 Å². The Hall–Kier alpha value is -2.24. The second-order valence-corrected chi connectivity index (χ2v) is 6.39. The fraction of sp³-hybridized carbons (Fsp3) is 0.263. The summed E-state index contributed by atoms with van der Waals surface area (Å²) >= 11 is 12.1. The Balaban J connectivity index is 1.88. The van der Waals surface area contributed by atoms with Gasteiger partial charge in [-0.2, -0.15) is 0 Å². The number of carbonyl (C=O) groups excluding carboxylic acids is 2.